The quantitative estimate of drug-likeness (QED) is 0.888. The third-order valence-electron chi connectivity index (χ3n) is 4.48. The van der Waals surface area contributed by atoms with E-state index < -0.39 is 0 Å². The van der Waals surface area contributed by atoms with Gasteiger partial charge in [0.15, 0.2) is 0 Å². The van der Waals surface area contributed by atoms with Crippen molar-refractivity contribution in [1.82, 2.24) is 20.0 Å². The minimum Gasteiger partial charge on any atom is -0.347 e. The fourth-order valence-corrected chi connectivity index (χ4v) is 3.28. The number of amides is 1. The van der Waals surface area contributed by atoms with E-state index in [1.54, 1.807) is 4.68 Å². The van der Waals surface area contributed by atoms with Crippen LogP contribution in [0.2, 0.25) is 0 Å². The number of aromatic nitrogens is 2. The van der Waals surface area contributed by atoms with Crippen LogP contribution < -0.4 is 5.32 Å². The smallest absolute Gasteiger partial charge is 0.269 e. The molecule has 24 heavy (non-hydrogen) atoms. The fraction of sp³-hybridized carbons (Fsp3) is 0.474. The van der Waals surface area contributed by atoms with E-state index >= 15 is 0 Å². The highest BCUT2D eigenvalue weighted by Gasteiger charge is 2.14. The lowest BCUT2D eigenvalue weighted by Crippen LogP contribution is -2.25. The third kappa shape index (κ3) is 4.03. The van der Waals surface area contributed by atoms with E-state index in [2.05, 4.69) is 39.6 Å². The van der Waals surface area contributed by atoms with Crippen LogP contribution in [-0.2, 0) is 19.6 Å². The van der Waals surface area contributed by atoms with Crippen LogP contribution in [0.15, 0.2) is 30.3 Å². The second kappa shape index (κ2) is 7.62. The minimum atomic E-state index is -0.0672. The molecular weight excluding hydrogens is 300 g/mol. The van der Waals surface area contributed by atoms with Gasteiger partial charge in [0, 0.05) is 19.6 Å². The van der Waals surface area contributed by atoms with Crippen molar-refractivity contribution in [2.45, 2.75) is 46.3 Å². The number of nitrogens with one attached hydrogen (secondary N) is 1. The Hall–Kier alpha value is -2.14. The Balaban J connectivity index is 1.60. The Morgan fingerprint density at radius 2 is 1.96 bits per heavy atom. The summed E-state index contributed by atoms with van der Waals surface area (Å²) in [5, 5.41) is 7.34. The maximum atomic E-state index is 12.4. The summed E-state index contributed by atoms with van der Waals surface area (Å²) in [6.45, 7) is 8.53. The van der Waals surface area contributed by atoms with E-state index in [0.29, 0.717) is 18.8 Å². The summed E-state index contributed by atoms with van der Waals surface area (Å²) in [4.78, 5) is 14.9. The van der Waals surface area contributed by atoms with Gasteiger partial charge in [-0.15, -0.1) is 0 Å². The fourth-order valence-electron chi connectivity index (χ4n) is 3.28. The lowest BCUT2D eigenvalue weighted by molar-refractivity contribution is 0.0940. The number of hydrogen-bond acceptors (Lipinski definition) is 3. The number of nitrogens with zero attached hydrogens (tertiary/aromatic N) is 3. The van der Waals surface area contributed by atoms with E-state index in [4.69, 9.17) is 0 Å². The van der Waals surface area contributed by atoms with E-state index in [0.717, 1.165) is 17.8 Å². The molecule has 0 saturated carbocycles. The lowest BCUT2D eigenvalue weighted by Gasteiger charge is -2.15. The maximum absolute atomic E-state index is 12.4. The van der Waals surface area contributed by atoms with Crippen LogP contribution in [-0.4, -0.2) is 33.7 Å². The molecule has 1 fully saturated rings. The molecule has 0 bridgehead atoms. The van der Waals surface area contributed by atoms with Gasteiger partial charge in [0.05, 0.1) is 5.69 Å². The lowest BCUT2D eigenvalue weighted by atomic mass is 10.1. The first-order valence-electron chi connectivity index (χ1n) is 8.78. The molecule has 2 heterocycles. The van der Waals surface area contributed by atoms with Crippen LogP contribution in [0.3, 0.4) is 0 Å². The summed E-state index contributed by atoms with van der Waals surface area (Å²) in [6, 6.07) is 10.3. The topological polar surface area (TPSA) is 50.2 Å². The van der Waals surface area contributed by atoms with Crippen LogP contribution in [0.25, 0.3) is 0 Å². The SMILES string of the molecule is CCn1nc(C)cc1C(=O)NCc1cccc(CN2CCCC2)c1. The van der Waals surface area contributed by atoms with Crippen molar-refractivity contribution in [3.63, 3.8) is 0 Å². The summed E-state index contributed by atoms with van der Waals surface area (Å²) >= 11 is 0. The van der Waals surface area contributed by atoms with Gasteiger partial charge in [0.25, 0.3) is 5.91 Å². The van der Waals surface area contributed by atoms with E-state index in [9.17, 15) is 4.79 Å². The molecule has 0 atom stereocenters. The molecule has 0 radical (unpaired) electrons. The van der Waals surface area contributed by atoms with Gasteiger partial charge in [0.2, 0.25) is 0 Å². The van der Waals surface area contributed by atoms with Gasteiger partial charge >= 0.3 is 0 Å². The first-order valence-corrected chi connectivity index (χ1v) is 8.78. The van der Waals surface area contributed by atoms with E-state index in [1.165, 1.54) is 31.5 Å². The van der Waals surface area contributed by atoms with Crippen molar-refractivity contribution in [2.24, 2.45) is 0 Å². The van der Waals surface area contributed by atoms with Crippen LogP contribution in [0.1, 0.15) is 47.1 Å². The Morgan fingerprint density at radius 1 is 1.21 bits per heavy atom. The predicted octanol–water partition coefficient (Wildman–Crippen LogP) is 2.74. The van der Waals surface area contributed by atoms with E-state index in [1.807, 2.05) is 19.9 Å². The van der Waals surface area contributed by atoms with Gasteiger partial charge in [-0.05, 0) is 57.0 Å². The molecule has 3 rings (SSSR count). The molecule has 1 aromatic heterocycles. The number of likely N-dealkylation sites (tertiary alicyclic amines) is 1. The Labute approximate surface area is 143 Å². The van der Waals surface area contributed by atoms with Crippen molar-refractivity contribution in [3.8, 4) is 0 Å². The van der Waals surface area contributed by atoms with Crippen LogP contribution >= 0.6 is 0 Å². The molecule has 1 saturated heterocycles. The van der Waals surface area contributed by atoms with Gasteiger partial charge in [-0.1, -0.05) is 24.3 Å². The zero-order valence-electron chi connectivity index (χ0n) is 14.6. The summed E-state index contributed by atoms with van der Waals surface area (Å²) < 4.78 is 1.74. The number of carbonyl (C=O) groups excluding carboxylic acids is 1. The zero-order valence-corrected chi connectivity index (χ0v) is 14.6. The van der Waals surface area contributed by atoms with Gasteiger partial charge in [0.1, 0.15) is 5.69 Å². The van der Waals surface area contributed by atoms with Crippen molar-refractivity contribution in [3.05, 3.63) is 52.8 Å². The number of benzene rings is 1. The van der Waals surface area contributed by atoms with Gasteiger partial charge in [-0.3, -0.25) is 14.4 Å². The Kier molecular flexibility index (Phi) is 5.30. The highest BCUT2D eigenvalue weighted by Crippen LogP contribution is 2.14. The molecule has 5 heteroatoms. The van der Waals surface area contributed by atoms with Gasteiger partial charge in [-0.25, -0.2) is 0 Å². The summed E-state index contributed by atoms with van der Waals surface area (Å²) in [5.74, 6) is -0.0672. The van der Waals surface area contributed by atoms with Crippen LogP contribution in [0, 0.1) is 6.92 Å². The second-order valence-electron chi connectivity index (χ2n) is 6.47. The molecular formula is C19H26N4O. The molecule has 1 amide bonds. The Bertz CT molecular complexity index is 701. The number of aryl methyl sites for hydroxylation is 2. The summed E-state index contributed by atoms with van der Waals surface area (Å²) in [7, 11) is 0. The standard InChI is InChI=1S/C19H26N4O/c1-3-23-18(11-15(2)21-23)19(24)20-13-16-7-6-8-17(12-16)14-22-9-4-5-10-22/h6-8,11-12H,3-5,9-10,13-14H2,1-2H3,(H,20,24). The predicted molar refractivity (Wildman–Crippen MR) is 94.8 cm³/mol. The van der Waals surface area contributed by atoms with Crippen LogP contribution in [0.5, 0.6) is 0 Å². The van der Waals surface area contributed by atoms with Gasteiger partial charge < -0.3 is 5.32 Å². The third-order valence-corrected chi connectivity index (χ3v) is 4.48. The zero-order chi connectivity index (χ0) is 16.9. The molecule has 1 N–H and O–H groups in total. The molecule has 0 aliphatic carbocycles. The number of hydrogen-bond donors (Lipinski definition) is 1. The van der Waals surface area contributed by atoms with Crippen LogP contribution in [0.4, 0.5) is 0 Å². The minimum absolute atomic E-state index is 0.0672. The van der Waals surface area contributed by atoms with E-state index in [-0.39, 0.29) is 5.91 Å². The van der Waals surface area contributed by atoms with Crippen molar-refractivity contribution in [2.75, 3.05) is 13.1 Å². The first kappa shape index (κ1) is 16.7. The van der Waals surface area contributed by atoms with Gasteiger partial charge in [-0.2, -0.15) is 5.10 Å². The largest absolute Gasteiger partial charge is 0.347 e. The summed E-state index contributed by atoms with van der Waals surface area (Å²) in [6.07, 6.45) is 2.61. The first-order chi connectivity index (χ1) is 11.7. The second-order valence-corrected chi connectivity index (χ2v) is 6.47. The molecule has 1 aromatic carbocycles. The van der Waals surface area contributed by atoms with Crippen molar-refractivity contribution >= 4 is 5.91 Å². The normalized spacial score (nSPS) is 14.9. The monoisotopic (exact) mass is 326 g/mol. The Morgan fingerprint density at radius 3 is 2.71 bits per heavy atom. The highest BCUT2D eigenvalue weighted by atomic mass is 16.2. The molecule has 128 valence electrons. The molecule has 0 spiro atoms. The van der Waals surface area contributed by atoms with Crippen molar-refractivity contribution < 1.29 is 4.79 Å². The summed E-state index contributed by atoms with van der Waals surface area (Å²) in [5.41, 5.74) is 3.95. The molecule has 5 nitrogen and oxygen atoms in total. The molecule has 0 unspecified atom stereocenters. The number of carbonyl (C=O) groups is 1. The maximum Gasteiger partial charge on any atom is 0.269 e. The average Bonchev–Trinajstić information content (AvgIpc) is 3.22. The molecule has 2 aromatic rings. The van der Waals surface area contributed by atoms with Crippen molar-refractivity contribution in [1.29, 1.82) is 0 Å². The highest BCUT2D eigenvalue weighted by molar-refractivity contribution is 5.92. The average molecular weight is 326 g/mol. The molecule has 1 aliphatic heterocycles. The number of rotatable bonds is 6. The molecule has 1 aliphatic rings.